The summed E-state index contributed by atoms with van der Waals surface area (Å²) in [6.07, 6.45) is 4.19. The Morgan fingerprint density at radius 3 is 3.00 bits per heavy atom. The van der Waals surface area contributed by atoms with Gasteiger partial charge in [-0.2, -0.15) is 0 Å². The summed E-state index contributed by atoms with van der Waals surface area (Å²) >= 11 is 0. The smallest absolute Gasteiger partial charge is 0.251 e. The van der Waals surface area contributed by atoms with E-state index in [9.17, 15) is 9.90 Å². The van der Waals surface area contributed by atoms with Gasteiger partial charge in [0, 0.05) is 24.8 Å². The van der Waals surface area contributed by atoms with Gasteiger partial charge in [-0.25, -0.2) is 0 Å². The Balaban J connectivity index is 1.79. The first-order valence-electron chi connectivity index (χ1n) is 6.09. The molecule has 19 heavy (non-hydrogen) atoms. The monoisotopic (exact) mass is 260 g/mol. The highest BCUT2D eigenvalue weighted by Gasteiger charge is 2.06. The average Bonchev–Trinajstić information content (AvgIpc) is 2.91. The number of benzene rings is 1. The standard InChI is InChI=1S/C13H16N4O2/c1-10-9-11(3-4-12(10)18)13(19)14-5-2-7-17-8-6-15-16-17/h3-4,6,8-9,18H,2,5,7H2,1H3,(H,14,19). The number of aromatic nitrogens is 3. The molecule has 6 nitrogen and oxygen atoms in total. The van der Waals surface area contributed by atoms with Gasteiger partial charge in [-0.1, -0.05) is 5.21 Å². The molecule has 1 amide bonds. The van der Waals surface area contributed by atoms with Gasteiger partial charge in [0.25, 0.3) is 5.91 Å². The maximum absolute atomic E-state index is 11.8. The number of hydrogen-bond donors (Lipinski definition) is 2. The molecule has 0 aliphatic carbocycles. The van der Waals surface area contributed by atoms with Gasteiger partial charge in [-0.3, -0.25) is 9.48 Å². The number of nitrogens with one attached hydrogen (secondary N) is 1. The van der Waals surface area contributed by atoms with Gasteiger partial charge >= 0.3 is 0 Å². The zero-order valence-corrected chi connectivity index (χ0v) is 10.7. The highest BCUT2D eigenvalue weighted by Crippen LogP contribution is 2.16. The number of amides is 1. The van der Waals surface area contributed by atoms with E-state index in [-0.39, 0.29) is 11.7 Å². The first-order valence-corrected chi connectivity index (χ1v) is 6.09. The Bertz CT molecular complexity index is 552. The minimum atomic E-state index is -0.137. The molecule has 2 N–H and O–H groups in total. The SMILES string of the molecule is Cc1cc(C(=O)NCCCn2ccnn2)ccc1O. The summed E-state index contributed by atoms with van der Waals surface area (Å²) < 4.78 is 1.72. The summed E-state index contributed by atoms with van der Waals surface area (Å²) in [4.78, 5) is 11.8. The maximum Gasteiger partial charge on any atom is 0.251 e. The van der Waals surface area contributed by atoms with Gasteiger partial charge < -0.3 is 10.4 Å². The largest absolute Gasteiger partial charge is 0.508 e. The van der Waals surface area contributed by atoms with Crippen LogP contribution in [0.3, 0.4) is 0 Å². The van der Waals surface area contributed by atoms with Crippen LogP contribution >= 0.6 is 0 Å². The van der Waals surface area contributed by atoms with Crippen LogP contribution in [0.25, 0.3) is 0 Å². The van der Waals surface area contributed by atoms with Gasteiger partial charge in [0.1, 0.15) is 5.75 Å². The Morgan fingerprint density at radius 2 is 2.32 bits per heavy atom. The van der Waals surface area contributed by atoms with Crippen molar-refractivity contribution >= 4 is 5.91 Å². The molecule has 2 aromatic rings. The number of rotatable bonds is 5. The summed E-state index contributed by atoms with van der Waals surface area (Å²) in [6, 6.07) is 4.80. The van der Waals surface area contributed by atoms with Crippen LogP contribution < -0.4 is 5.32 Å². The van der Waals surface area contributed by atoms with E-state index in [4.69, 9.17) is 0 Å². The van der Waals surface area contributed by atoms with Crippen LogP contribution in [0.4, 0.5) is 0 Å². The van der Waals surface area contributed by atoms with E-state index in [2.05, 4.69) is 15.6 Å². The van der Waals surface area contributed by atoms with Crippen LogP contribution in [0.2, 0.25) is 0 Å². The Labute approximate surface area is 111 Å². The first-order chi connectivity index (χ1) is 9.16. The summed E-state index contributed by atoms with van der Waals surface area (Å²) in [5.41, 5.74) is 1.24. The van der Waals surface area contributed by atoms with E-state index in [0.29, 0.717) is 17.7 Å². The molecule has 1 aromatic heterocycles. The fourth-order valence-electron chi connectivity index (χ4n) is 1.69. The van der Waals surface area contributed by atoms with Crippen molar-refractivity contribution in [1.29, 1.82) is 0 Å². The molecule has 0 bridgehead atoms. The van der Waals surface area contributed by atoms with Gasteiger partial charge in [0.2, 0.25) is 0 Å². The number of carbonyl (C=O) groups is 1. The Hall–Kier alpha value is -2.37. The van der Waals surface area contributed by atoms with Crippen molar-refractivity contribution in [3.05, 3.63) is 41.7 Å². The van der Waals surface area contributed by atoms with Crippen LogP contribution in [-0.4, -0.2) is 32.6 Å². The van der Waals surface area contributed by atoms with Crippen molar-refractivity contribution in [2.45, 2.75) is 19.9 Å². The van der Waals surface area contributed by atoms with Crippen LogP contribution in [0.15, 0.2) is 30.6 Å². The zero-order chi connectivity index (χ0) is 13.7. The van der Waals surface area contributed by atoms with Gasteiger partial charge in [-0.05, 0) is 37.1 Å². The molecule has 0 fully saturated rings. The fourth-order valence-corrected chi connectivity index (χ4v) is 1.69. The normalized spacial score (nSPS) is 10.4. The molecule has 100 valence electrons. The third kappa shape index (κ3) is 3.54. The van der Waals surface area contributed by atoms with Crippen LogP contribution in [0, 0.1) is 6.92 Å². The topological polar surface area (TPSA) is 80.0 Å². The lowest BCUT2D eigenvalue weighted by atomic mass is 10.1. The molecule has 0 aliphatic rings. The molecule has 2 rings (SSSR count). The molecule has 0 unspecified atom stereocenters. The fraction of sp³-hybridized carbons (Fsp3) is 0.308. The Morgan fingerprint density at radius 1 is 1.47 bits per heavy atom. The predicted octanol–water partition coefficient (Wildman–Crippen LogP) is 1.11. The maximum atomic E-state index is 11.8. The lowest BCUT2D eigenvalue weighted by molar-refractivity contribution is 0.0952. The van der Waals surface area contributed by atoms with Crippen LogP contribution in [0.1, 0.15) is 22.3 Å². The van der Waals surface area contributed by atoms with Crippen molar-refractivity contribution < 1.29 is 9.90 Å². The molecule has 0 radical (unpaired) electrons. The number of phenols is 1. The highest BCUT2D eigenvalue weighted by atomic mass is 16.3. The first kappa shape index (κ1) is 13.1. The molecular formula is C13H16N4O2. The van der Waals surface area contributed by atoms with Crippen molar-refractivity contribution in [2.24, 2.45) is 0 Å². The van der Waals surface area contributed by atoms with Crippen LogP contribution in [0.5, 0.6) is 5.75 Å². The van der Waals surface area contributed by atoms with E-state index in [1.165, 1.54) is 6.07 Å². The third-order valence-electron chi connectivity index (χ3n) is 2.78. The lowest BCUT2D eigenvalue weighted by Crippen LogP contribution is -2.25. The van der Waals surface area contributed by atoms with Crippen molar-refractivity contribution in [3.8, 4) is 5.75 Å². The van der Waals surface area contributed by atoms with E-state index >= 15 is 0 Å². The predicted molar refractivity (Wildman–Crippen MR) is 69.8 cm³/mol. The quantitative estimate of drug-likeness (QED) is 0.789. The molecule has 0 saturated carbocycles. The summed E-state index contributed by atoms with van der Waals surface area (Å²) in [5, 5.41) is 19.8. The second-order valence-electron chi connectivity index (χ2n) is 4.28. The Kier molecular flexibility index (Phi) is 4.12. The second kappa shape index (κ2) is 5.99. The molecule has 1 aromatic carbocycles. The minimum absolute atomic E-state index is 0.137. The molecule has 0 saturated heterocycles. The molecular weight excluding hydrogens is 244 g/mol. The van der Waals surface area contributed by atoms with Crippen molar-refractivity contribution in [1.82, 2.24) is 20.3 Å². The van der Waals surface area contributed by atoms with E-state index in [1.807, 2.05) is 0 Å². The highest BCUT2D eigenvalue weighted by molar-refractivity contribution is 5.94. The third-order valence-corrected chi connectivity index (χ3v) is 2.78. The van der Waals surface area contributed by atoms with Gasteiger partial charge in [0.15, 0.2) is 0 Å². The van der Waals surface area contributed by atoms with E-state index < -0.39 is 0 Å². The lowest BCUT2D eigenvalue weighted by Gasteiger charge is -2.06. The van der Waals surface area contributed by atoms with Gasteiger partial charge in [-0.15, -0.1) is 5.10 Å². The minimum Gasteiger partial charge on any atom is -0.508 e. The van der Waals surface area contributed by atoms with E-state index in [1.54, 1.807) is 36.1 Å². The number of phenolic OH excluding ortho intramolecular Hbond substituents is 1. The average molecular weight is 260 g/mol. The second-order valence-corrected chi connectivity index (χ2v) is 4.28. The molecule has 1 heterocycles. The van der Waals surface area contributed by atoms with Gasteiger partial charge in [0.05, 0.1) is 6.20 Å². The number of carbonyl (C=O) groups excluding carboxylic acids is 1. The number of aryl methyl sites for hydroxylation is 2. The molecule has 6 heteroatoms. The zero-order valence-electron chi connectivity index (χ0n) is 10.7. The summed E-state index contributed by atoms with van der Waals surface area (Å²) in [5.74, 6) is 0.0597. The summed E-state index contributed by atoms with van der Waals surface area (Å²) in [6.45, 7) is 3.05. The molecule has 0 atom stereocenters. The number of aromatic hydroxyl groups is 1. The van der Waals surface area contributed by atoms with Crippen molar-refractivity contribution in [2.75, 3.05) is 6.54 Å². The number of nitrogens with zero attached hydrogens (tertiary/aromatic N) is 3. The van der Waals surface area contributed by atoms with Crippen molar-refractivity contribution in [3.63, 3.8) is 0 Å². The molecule has 0 aliphatic heterocycles. The summed E-state index contributed by atoms with van der Waals surface area (Å²) in [7, 11) is 0. The number of hydrogen-bond acceptors (Lipinski definition) is 4. The molecule has 0 spiro atoms. The van der Waals surface area contributed by atoms with Crippen LogP contribution in [-0.2, 0) is 6.54 Å². The van der Waals surface area contributed by atoms with E-state index in [0.717, 1.165) is 13.0 Å².